The SMILES string of the molecule is CCNC(=NCc1ccc(S(C)(=O)=O)c(C)c1)NCCN1CCN(CC)CC1.I. The molecule has 0 bridgehead atoms. The van der Waals surface area contributed by atoms with Gasteiger partial charge in [-0.2, -0.15) is 0 Å². The highest BCUT2D eigenvalue weighted by Gasteiger charge is 2.15. The number of hydrogen-bond donors (Lipinski definition) is 2. The molecule has 0 saturated carbocycles. The molecule has 29 heavy (non-hydrogen) atoms. The van der Waals surface area contributed by atoms with Gasteiger partial charge in [0, 0.05) is 52.1 Å². The first-order valence-electron chi connectivity index (χ1n) is 10.1. The Labute approximate surface area is 193 Å². The van der Waals surface area contributed by atoms with Gasteiger partial charge in [0.1, 0.15) is 0 Å². The summed E-state index contributed by atoms with van der Waals surface area (Å²) in [4.78, 5) is 9.99. The third-order valence-electron chi connectivity index (χ3n) is 5.04. The monoisotopic (exact) mass is 537 g/mol. The predicted octanol–water partition coefficient (Wildman–Crippen LogP) is 1.71. The van der Waals surface area contributed by atoms with E-state index < -0.39 is 9.84 Å². The van der Waals surface area contributed by atoms with Crippen molar-refractivity contribution in [3.8, 4) is 0 Å². The number of nitrogens with one attached hydrogen (secondary N) is 2. The molecule has 0 aromatic heterocycles. The maximum absolute atomic E-state index is 11.7. The average Bonchev–Trinajstić information content (AvgIpc) is 2.65. The Morgan fingerprint density at radius 3 is 2.31 bits per heavy atom. The number of aliphatic imine (C=N–C) groups is 1. The number of aryl methyl sites for hydroxylation is 1. The fourth-order valence-corrected chi connectivity index (χ4v) is 4.36. The normalized spacial score (nSPS) is 16.3. The summed E-state index contributed by atoms with van der Waals surface area (Å²) in [6, 6.07) is 5.41. The molecule has 2 rings (SSSR count). The number of rotatable bonds is 8. The van der Waals surface area contributed by atoms with Crippen molar-refractivity contribution in [3.05, 3.63) is 29.3 Å². The number of likely N-dealkylation sites (N-methyl/N-ethyl adjacent to an activating group) is 1. The molecule has 1 aliphatic heterocycles. The van der Waals surface area contributed by atoms with Gasteiger partial charge in [-0.05, 0) is 37.6 Å². The lowest BCUT2D eigenvalue weighted by Gasteiger charge is -2.34. The number of halogens is 1. The van der Waals surface area contributed by atoms with Gasteiger partial charge in [-0.1, -0.05) is 19.1 Å². The summed E-state index contributed by atoms with van der Waals surface area (Å²) in [7, 11) is -3.19. The molecule has 1 saturated heterocycles. The van der Waals surface area contributed by atoms with Crippen molar-refractivity contribution in [2.24, 2.45) is 4.99 Å². The van der Waals surface area contributed by atoms with E-state index in [0.717, 1.165) is 69.4 Å². The Morgan fingerprint density at radius 1 is 1.10 bits per heavy atom. The average molecular weight is 538 g/mol. The van der Waals surface area contributed by atoms with E-state index in [0.29, 0.717) is 11.4 Å². The summed E-state index contributed by atoms with van der Waals surface area (Å²) in [5.74, 6) is 0.791. The van der Waals surface area contributed by atoms with Gasteiger partial charge in [0.2, 0.25) is 0 Å². The second kappa shape index (κ2) is 12.7. The van der Waals surface area contributed by atoms with Crippen molar-refractivity contribution in [3.63, 3.8) is 0 Å². The molecule has 1 fully saturated rings. The standard InChI is InChI=1S/C20H35N5O2S.HI/c1-5-21-20(22-9-10-25-13-11-24(6-2)12-14-25)23-16-18-7-8-19(17(3)15-18)28(4,26)27;/h7-8,15H,5-6,9-14,16H2,1-4H3,(H2,21,22,23);1H. The number of benzene rings is 1. The van der Waals surface area contributed by atoms with Crippen molar-refractivity contribution in [1.82, 2.24) is 20.4 Å². The molecule has 2 N–H and O–H groups in total. The van der Waals surface area contributed by atoms with E-state index in [-0.39, 0.29) is 24.0 Å². The van der Waals surface area contributed by atoms with Crippen LogP contribution in [0.25, 0.3) is 0 Å². The van der Waals surface area contributed by atoms with E-state index >= 15 is 0 Å². The van der Waals surface area contributed by atoms with Crippen LogP contribution in [0.4, 0.5) is 0 Å². The number of guanidine groups is 1. The number of piperazine rings is 1. The summed E-state index contributed by atoms with van der Waals surface area (Å²) in [5.41, 5.74) is 1.76. The highest BCUT2D eigenvalue weighted by Crippen LogP contribution is 2.17. The lowest BCUT2D eigenvalue weighted by atomic mass is 10.1. The first kappa shape index (κ1) is 26.1. The van der Waals surface area contributed by atoms with Crippen LogP contribution in [-0.2, 0) is 16.4 Å². The van der Waals surface area contributed by atoms with Crippen LogP contribution in [0.2, 0.25) is 0 Å². The zero-order valence-electron chi connectivity index (χ0n) is 18.1. The summed E-state index contributed by atoms with van der Waals surface area (Å²) >= 11 is 0. The molecule has 0 spiro atoms. The summed E-state index contributed by atoms with van der Waals surface area (Å²) < 4.78 is 23.5. The first-order chi connectivity index (χ1) is 13.3. The van der Waals surface area contributed by atoms with Crippen LogP contribution in [-0.4, -0.2) is 82.8 Å². The molecule has 0 aliphatic carbocycles. The van der Waals surface area contributed by atoms with Crippen LogP contribution in [0.5, 0.6) is 0 Å². The minimum Gasteiger partial charge on any atom is -0.357 e. The molecule has 0 radical (unpaired) electrons. The van der Waals surface area contributed by atoms with Crippen molar-refractivity contribution < 1.29 is 8.42 Å². The van der Waals surface area contributed by atoms with E-state index in [9.17, 15) is 8.42 Å². The fraction of sp³-hybridized carbons (Fsp3) is 0.650. The highest BCUT2D eigenvalue weighted by atomic mass is 127. The highest BCUT2D eigenvalue weighted by molar-refractivity contribution is 14.0. The van der Waals surface area contributed by atoms with Gasteiger partial charge in [-0.3, -0.25) is 4.90 Å². The van der Waals surface area contributed by atoms with Crippen molar-refractivity contribution in [2.75, 3.05) is 58.6 Å². The van der Waals surface area contributed by atoms with Gasteiger partial charge in [0.25, 0.3) is 0 Å². The van der Waals surface area contributed by atoms with Crippen molar-refractivity contribution >= 4 is 39.8 Å². The molecule has 7 nitrogen and oxygen atoms in total. The van der Waals surface area contributed by atoms with Crippen LogP contribution < -0.4 is 10.6 Å². The Hall–Kier alpha value is -0.910. The third kappa shape index (κ3) is 8.77. The first-order valence-corrected chi connectivity index (χ1v) is 12.0. The number of hydrogen-bond acceptors (Lipinski definition) is 5. The Balaban J connectivity index is 0.00000420. The van der Waals surface area contributed by atoms with Crippen molar-refractivity contribution in [1.29, 1.82) is 0 Å². The molecular formula is C20H36IN5O2S. The largest absolute Gasteiger partial charge is 0.357 e. The zero-order valence-corrected chi connectivity index (χ0v) is 21.2. The molecule has 166 valence electrons. The van der Waals surface area contributed by atoms with Gasteiger partial charge in [-0.25, -0.2) is 13.4 Å². The Morgan fingerprint density at radius 2 is 1.76 bits per heavy atom. The van der Waals surface area contributed by atoms with E-state index in [4.69, 9.17) is 0 Å². The Bertz CT molecular complexity index is 762. The molecular weight excluding hydrogens is 501 g/mol. The van der Waals surface area contributed by atoms with E-state index in [1.807, 2.05) is 26.0 Å². The number of nitrogens with zero attached hydrogens (tertiary/aromatic N) is 3. The summed E-state index contributed by atoms with van der Waals surface area (Å²) in [6.45, 7) is 14.9. The van der Waals surface area contributed by atoms with Gasteiger partial charge < -0.3 is 15.5 Å². The lowest BCUT2D eigenvalue weighted by Crippen LogP contribution is -2.49. The van der Waals surface area contributed by atoms with E-state index in [2.05, 4.69) is 32.3 Å². The second-order valence-electron chi connectivity index (χ2n) is 7.27. The van der Waals surface area contributed by atoms with Gasteiger partial charge >= 0.3 is 0 Å². The molecule has 1 aromatic rings. The van der Waals surface area contributed by atoms with Gasteiger partial charge in [-0.15, -0.1) is 24.0 Å². The molecule has 1 heterocycles. The quantitative estimate of drug-likeness (QED) is 0.299. The predicted molar refractivity (Wildman–Crippen MR) is 131 cm³/mol. The van der Waals surface area contributed by atoms with Crippen LogP contribution in [0.3, 0.4) is 0 Å². The topological polar surface area (TPSA) is 77.0 Å². The fourth-order valence-electron chi connectivity index (χ4n) is 3.40. The number of sulfone groups is 1. The second-order valence-corrected chi connectivity index (χ2v) is 9.25. The van der Waals surface area contributed by atoms with Crippen LogP contribution in [0.1, 0.15) is 25.0 Å². The van der Waals surface area contributed by atoms with Gasteiger partial charge in [0.05, 0.1) is 11.4 Å². The van der Waals surface area contributed by atoms with Crippen LogP contribution in [0.15, 0.2) is 28.1 Å². The maximum atomic E-state index is 11.7. The lowest BCUT2D eigenvalue weighted by molar-refractivity contribution is 0.139. The minimum absolute atomic E-state index is 0. The molecule has 0 atom stereocenters. The zero-order chi connectivity index (χ0) is 20.6. The van der Waals surface area contributed by atoms with Gasteiger partial charge in [0.15, 0.2) is 15.8 Å². The van der Waals surface area contributed by atoms with E-state index in [1.165, 1.54) is 6.26 Å². The molecule has 0 amide bonds. The van der Waals surface area contributed by atoms with E-state index in [1.54, 1.807) is 6.07 Å². The summed E-state index contributed by atoms with van der Waals surface area (Å²) in [5, 5.41) is 6.67. The smallest absolute Gasteiger partial charge is 0.191 e. The molecule has 0 unspecified atom stereocenters. The molecule has 1 aliphatic rings. The molecule has 9 heteroatoms. The summed E-state index contributed by atoms with van der Waals surface area (Å²) in [6.07, 6.45) is 1.24. The van der Waals surface area contributed by atoms with Crippen LogP contribution in [0, 0.1) is 6.92 Å². The molecule has 1 aromatic carbocycles. The minimum atomic E-state index is -3.19. The third-order valence-corrected chi connectivity index (χ3v) is 6.29. The Kier molecular flexibility index (Phi) is 11.4. The van der Waals surface area contributed by atoms with Crippen molar-refractivity contribution in [2.45, 2.75) is 32.2 Å². The van der Waals surface area contributed by atoms with Crippen LogP contribution >= 0.6 is 24.0 Å². The maximum Gasteiger partial charge on any atom is 0.191 e.